The number of benzene rings is 1. The van der Waals surface area contributed by atoms with Crippen molar-refractivity contribution in [3.8, 4) is 0 Å². The lowest BCUT2D eigenvalue weighted by molar-refractivity contribution is -0.144. The summed E-state index contributed by atoms with van der Waals surface area (Å²) >= 11 is 0. The molecule has 1 aromatic rings. The summed E-state index contributed by atoms with van der Waals surface area (Å²) in [5.41, 5.74) is 1.39. The first-order valence-electron chi connectivity index (χ1n) is 7.47. The highest BCUT2D eigenvalue weighted by molar-refractivity contribution is 5.72. The van der Waals surface area contributed by atoms with E-state index >= 15 is 0 Å². The lowest BCUT2D eigenvalue weighted by Crippen LogP contribution is -2.30. The van der Waals surface area contributed by atoms with Crippen molar-refractivity contribution in [2.75, 3.05) is 26.7 Å². The molecule has 1 saturated heterocycles. The average molecular weight is 275 g/mol. The van der Waals surface area contributed by atoms with Gasteiger partial charge in [0.05, 0.1) is 13.0 Å². The van der Waals surface area contributed by atoms with Gasteiger partial charge in [-0.1, -0.05) is 44.2 Å². The highest BCUT2D eigenvalue weighted by atomic mass is 16.5. The van der Waals surface area contributed by atoms with Gasteiger partial charge < -0.3 is 9.64 Å². The Labute approximate surface area is 121 Å². The normalized spacial score (nSPS) is 21.1. The molecular formula is C17H25NO2. The molecule has 1 fully saturated rings. The zero-order valence-corrected chi connectivity index (χ0v) is 12.7. The highest BCUT2D eigenvalue weighted by Crippen LogP contribution is 2.28. The molecule has 3 heteroatoms. The molecule has 2 rings (SSSR count). The first-order chi connectivity index (χ1) is 9.61. The van der Waals surface area contributed by atoms with Crippen LogP contribution in [0.15, 0.2) is 30.3 Å². The molecule has 20 heavy (non-hydrogen) atoms. The molecule has 0 aliphatic carbocycles. The average Bonchev–Trinajstić information content (AvgIpc) is 2.93. The number of carbonyl (C=O) groups excluding carboxylic acids is 1. The summed E-state index contributed by atoms with van der Waals surface area (Å²) in [4.78, 5) is 14.0. The quantitative estimate of drug-likeness (QED) is 0.774. The summed E-state index contributed by atoms with van der Waals surface area (Å²) in [6.07, 6.45) is 0.923. The minimum Gasteiger partial charge on any atom is -0.469 e. The molecule has 110 valence electrons. The number of methoxy groups -OCH3 is 1. The molecule has 0 N–H and O–H groups in total. The van der Waals surface area contributed by atoms with E-state index < -0.39 is 0 Å². The number of carbonyl (C=O) groups is 1. The maximum Gasteiger partial charge on any atom is 0.310 e. The molecule has 2 atom stereocenters. The van der Waals surface area contributed by atoms with Crippen molar-refractivity contribution in [3.63, 3.8) is 0 Å². The van der Waals surface area contributed by atoms with Gasteiger partial charge in [-0.15, -0.1) is 0 Å². The molecule has 1 aliphatic rings. The van der Waals surface area contributed by atoms with Crippen molar-refractivity contribution >= 4 is 5.97 Å². The summed E-state index contributed by atoms with van der Waals surface area (Å²) in [7, 11) is 1.48. The van der Waals surface area contributed by atoms with Gasteiger partial charge >= 0.3 is 5.97 Å². The Kier molecular flexibility index (Phi) is 5.18. The van der Waals surface area contributed by atoms with Crippen LogP contribution in [0.2, 0.25) is 0 Å². The third-order valence-electron chi connectivity index (χ3n) is 4.29. The van der Waals surface area contributed by atoms with E-state index in [0.29, 0.717) is 11.8 Å². The van der Waals surface area contributed by atoms with Crippen molar-refractivity contribution < 1.29 is 9.53 Å². The maximum atomic E-state index is 11.6. The van der Waals surface area contributed by atoms with E-state index in [9.17, 15) is 4.79 Å². The van der Waals surface area contributed by atoms with Crippen LogP contribution in [-0.4, -0.2) is 37.6 Å². The lowest BCUT2D eigenvalue weighted by Gasteiger charge is -2.27. The Morgan fingerprint density at radius 2 is 2.05 bits per heavy atom. The van der Waals surface area contributed by atoms with Gasteiger partial charge in [-0.05, 0) is 30.4 Å². The number of rotatable bonds is 5. The third kappa shape index (κ3) is 3.60. The van der Waals surface area contributed by atoms with Gasteiger partial charge in [0.2, 0.25) is 0 Å². The van der Waals surface area contributed by atoms with Gasteiger partial charge in [0.15, 0.2) is 0 Å². The zero-order valence-electron chi connectivity index (χ0n) is 12.7. The van der Waals surface area contributed by atoms with Gasteiger partial charge in [-0.25, -0.2) is 0 Å². The van der Waals surface area contributed by atoms with Crippen molar-refractivity contribution in [1.82, 2.24) is 4.90 Å². The van der Waals surface area contributed by atoms with E-state index in [-0.39, 0.29) is 11.9 Å². The Bertz CT molecular complexity index is 430. The largest absolute Gasteiger partial charge is 0.469 e. The monoisotopic (exact) mass is 275 g/mol. The number of nitrogens with zero attached hydrogens (tertiary/aromatic N) is 1. The first kappa shape index (κ1) is 15.0. The molecule has 1 aliphatic heterocycles. The van der Waals surface area contributed by atoms with E-state index in [2.05, 4.69) is 49.1 Å². The molecule has 0 saturated carbocycles. The fraction of sp³-hybridized carbons (Fsp3) is 0.588. The van der Waals surface area contributed by atoms with E-state index in [1.165, 1.54) is 12.7 Å². The molecule has 1 heterocycles. The van der Waals surface area contributed by atoms with Crippen LogP contribution in [0.3, 0.4) is 0 Å². The number of hydrogen-bond acceptors (Lipinski definition) is 3. The standard InChI is InChI=1S/C17H25NO2/c1-13(2)16(14-7-5-4-6-8-14)12-18-10-9-15(11-18)17(19)20-3/h4-8,13,15-16H,9-12H2,1-3H3/t15-,16-/m1/s1. The van der Waals surface area contributed by atoms with E-state index in [4.69, 9.17) is 4.74 Å². The van der Waals surface area contributed by atoms with Gasteiger partial charge in [-0.2, -0.15) is 0 Å². The van der Waals surface area contributed by atoms with Crippen LogP contribution in [0.5, 0.6) is 0 Å². The number of esters is 1. The van der Waals surface area contributed by atoms with Crippen molar-refractivity contribution in [2.24, 2.45) is 11.8 Å². The van der Waals surface area contributed by atoms with E-state index in [1.807, 2.05) is 0 Å². The summed E-state index contributed by atoms with van der Waals surface area (Å²) in [5, 5.41) is 0. The molecule has 0 aromatic heterocycles. The van der Waals surface area contributed by atoms with Crippen LogP contribution >= 0.6 is 0 Å². The second kappa shape index (κ2) is 6.89. The Balaban J connectivity index is 1.99. The highest BCUT2D eigenvalue weighted by Gasteiger charge is 2.31. The Morgan fingerprint density at radius 3 is 2.65 bits per heavy atom. The molecule has 3 nitrogen and oxygen atoms in total. The number of hydrogen-bond donors (Lipinski definition) is 0. The van der Waals surface area contributed by atoms with Crippen molar-refractivity contribution in [1.29, 1.82) is 0 Å². The van der Waals surface area contributed by atoms with Crippen LogP contribution in [0.1, 0.15) is 31.7 Å². The number of likely N-dealkylation sites (tertiary alicyclic amines) is 1. The number of ether oxygens (including phenoxy) is 1. The molecule has 0 radical (unpaired) electrons. The van der Waals surface area contributed by atoms with E-state index in [0.717, 1.165) is 26.1 Å². The topological polar surface area (TPSA) is 29.5 Å². The van der Waals surface area contributed by atoms with Crippen molar-refractivity contribution in [2.45, 2.75) is 26.2 Å². The van der Waals surface area contributed by atoms with Crippen LogP contribution in [-0.2, 0) is 9.53 Å². The van der Waals surface area contributed by atoms with Crippen molar-refractivity contribution in [3.05, 3.63) is 35.9 Å². The van der Waals surface area contributed by atoms with Crippen LogP contribution < -0.4 is 0 Å². The second-order valence-corrected chi connectivity index (χ2v) is 6.03. The molecule has 0 bridgehead atoms. The smallest absolute Gasteiger partial charge is 0.310 e. The summed E-state index contributed by atoms with van der Waals surface area (Å²) in [5.74, 6) is 1.11. The molecule has 1 aromatic carbocycles. The maximum absolute atomic E-state index is 11.6. The minimum atomic E-state index is -0.0618. The predicted molar refractivity (Wildman–Crippen MR) is 80.6 cm³/mol. The lowest BCUT2D eigenvalue weighted by atomic mass is 9.88. The summed E-state index contributed by atoms with van der Waals surface area (Å²) in [6.45, 7) is 7.39. The second-order valence-electron chi connectivity index (χ2n) is 6.03. The van der Waals surface area contributed by atoms with Crippen LogP contribution in [0.4, 0.5) is 0 Å². The third-order valence-corrected chi connectivity index (χ3v) is 4.29. The SMILES string of the molecule is COC(=O)[C@@H]1CCN(C[C@@H](c2ccccc2)C(C)C)C1. The van der Waals surface area contributed by atoms with Gasteiger partial charge in [0.25, 0.3) is 0 Å². The fourth-order valence-corrected chi connectivity index (χ4v) is 3.04. The van der Waals surface area contributed by atoms with Crippen LogP contribution in [0, 0.1) is 11.8 Å². The summed E-state index contributed by atoms with van der Waals surface area (Å²) < 4.78 is 4.85. The van der Waals surface area contributed by atoms with E-state index in [1.54, 1.807) is 0 Å². The molecule has 0 unspecified atom stereocenters. The molecular weight excluding hydrogens is 250 g/mol. The zero-order chi connectivity index (χ0) is 14.5. The first-order valence-corrected chi connectivity index (χ1v) is 7.47. The predicted octanol–water partition coefficient (Wildman–Crippen LogP) is 2.92. The molecule has 0 amide bonds. The van der Waals surface area contributed by atoms with Crippen LogP contribution in [0.25, 0.3) is 0 Å². The Hall–Kier alpha value is -1.35. The van der Waals surface area contributed by atoms with Gasteiger partial charge in [-0.3, -0.25) is 4.79 Å². The Morgan fingerprint density at radius 1 is 1.35 bits per heavy atom. The fourth-order valence-electron chi connectivity index (χ4n) is 3.04. The summed E-state index contributed by atoms with van der Waals surface area (Å²) in [6, 6.07) is 10.7. The van der Waals surface area contributed by atoms with Gasteiger partial charge in [0, 0.05) is 13.1 Å². The minimum absolute atomic E-state index is 0.0589. The molecule has 0 spiro atoms. The van der Waals surface area contributed by atoms with Gasteiger partial charge in [0.1, 0.15) is 0 Å².